The molecule has 22 heavy (non-hydrogen) atoms. The van der Waals surface area contributed by atoms with Gasteiger partial charge in [0.2, 0.25) is 5.91 Å². The van der Waals surface area contributed by atoms with Gasteiger partial charge in [-0.3, -0.25) is 4.79 Å². The molecule has 1 aliphatic rings. The third-order valence-electron chi connectivity index (χ3n) is 4.69. The highest BCUT2D eigenvalue weighted by molar-refractivity contribution is 5.85. The Hall–Kier alpha value is -1.06. The van der Waals surface area contributed by atoms with Crippen LogP contribution >= 0.6 is 12.4 Å². The first-order valence-electron chi connectivity index (χ1n) is 7.89. The second-order valence-electron chi connectivity index (χ2n) is 7.47. The van der Waals surface area contributed by atoms with Crippen LogP contribution in [-0.2, 0) is 15.6 Å². The normalized spacial score (nSPS) is 17.9. The van der Waals surface area contributed by atoms with Crippen LogP contribution in [0.5, 0.6) is 0 Å². The van der Waals surface area contributed by atoms with E-state index < -0.39 is 6.04 Å². The predicted octanol–water partition coefficient (Wildman–Crippen LogP) is 3.29. The fourth-order valence-electron chi connectivity index (χ4n) is 2.91. The lowest BCUT2D eigenvalue weighted by molar-refractivity contribution is -0.122. The van der Waals surface area contributed by atoms with Crippen molar-refractivity contribution in [1.29, 1.82) is 0 Å². The van der Waals surface area contributed by atoms with Gasteiger partial charge in [-0.05, 0) is 36.3 Å². The van der Waals surface area contributed by atoms with Crippen LogP contribution in [0.3, 0.4) is 0 Å². The zero-order chi connectivity index (χ0) is 15.7. The smallest absolute Gasteiger partial charge is 0.236 e. The maximum absolute atomic E-state index is 11.7. The Bertz CT molecular complexity index is 499. The van der Waals surface area contributed by atoms with Gasteiger partial charge in [0.25, 0.3) is 0 Å². The Balaban J connectivity index is 0.00000242. The van der Waals surface area contributed by atoms with Crippen molar-refractivity contribution in [3.63, 3.8) is 0 Å². The summed E-state index contributed by atoms with van der Waals surface area (Å²) in [5, 5.41) is 3.00. The third-order valence-corrected chi connectivity index (χ3v) is 4.69. The first kappa shape index (κ1) is 19.0. The molecule has 0 aromatic heterocycles. The number of carbonyl (C=O) groups excluding carboxylic acids is 1. The zero-order valence-electron chi connectivity index (χ0n) is 14.1. The van der Waals surface area contributed by atoms with Gasteiger partial charge >= 0.3 is 0 Å². The van der Waals surface area contributed by atoms with Crippen LogP contribution in [0.15, 0.2) is 24.3 Å². The van der Waals surface area contributed by atoms with Crippen molar-refractivity contribution in [2.24, 2.45) is 5.73 Å². The van der Waals surface area contributed by atoms with Crippen LogP contribution in [0.25, 0.3) is 0 Å². The van der Waals surface area contributed by atoms with Gasteiger partial charge in [-0.15, -0.1) is 12.4 Å². The van der Waals surface area contributed by atoms with Gasteiger partial charge in [0, 0.05) is 12.0 Å². The molecule has 0 heterocycles. The van der Waals surface area contributed by atoms with Gasteiger partial charge in [0.05, 0.1) is 6.04 Å². The predicted molar refractivity (Wildman–Crippen MR) is 94.6 cm³/mol. The molecular formula is C18H29ClN2O. The molecule has 0 aliphatic heterocycles. The molecule has 0 spiro atoms. The summed E-state index contributed by atoms with van der Waals surface area (Å²) in [6.07, 6.45) is 3.51. The van der Waals surface area contributed by atoms with Gasteiger partial charge in [0.15, 0.2) is 0 Å². The zero-order valence-corrected chi connectivity index (χ0v) is 14.9. The van der Waals surface area contributed by atoms with Crippen molar-refractivity contribution >= 4 is 18.3 Å². The van der Waals surface area contributed by atoms with E-state index in [2.05, 4.69) is 50.4 Å². The molecule has 1 aromatic rings. The minimum Gasteiger partial charge on any atom is -0.354 e. The fourth-order valence-corrected chi connectivity index (χ4v) is 2.91. The first-order chi connectivity index (χ1) is 9.74. The lowest BCUT2D eigenvalue weighted by atomic mass is 9.64. The molecule has 0 bridgehead atoms. The number of benzene rings is 1. The summed E-state index contributed by atoms with van der Waals surface area (Å²) in [5.74, 6) is -0.0624. The van der Waals surface area contributed by atoms with E-state index in [9.17, 15) is 4.79 Å². The first-order valence-corrected chi connectivity index (χ1v) is 7.89. The molecule has 1 atom stereocenters. The van der Waals surface area contributed by atoms with E-state index in [4.69, 9.17) is 5.73 Å². The maximum Gasteiger partial charge on any atom is 0.236 e. The highest BCUT2D eigenvalue weighted by Gasteiger charge is 2.39. The molecule has 2 rings (SSSR count). The molecule has 1 aliphatic carbocycles. The van der Waals surface area contributed by atoms with Crippen LogP contribution in [0.1, 0.15) is 58.1 Å². The number of hydrogen-bond acceptors (Lipinski definition) is 2. The van der Waals surface area contributed by atoms with Crippen molar-refractivity contribution in [3.8, 4) is 0 Å². The summed E-state index contributed by atoms with van der Waals surface area (Å²) in [7, 11) is 0. The molecule has 1 amide bonds. The lowest BCUT2D eigenvalue weighted by Gasteiger charge is -2.43. The van der Waals surface area contributed by atoms with Gasteiger partial charge in [-0.1, -0.05) is 51.5 Å². The van der Waals surface area contributed by atoms with E-state index in [1.165, 1.54) is 17.5 Å². The molecule has 124 valence electrons. The number of halogens is 1. The monoisotopic (exact) mass is 324 g/mol. The Morgan fingerprint density at radius 2 is 1.82 bits per heavy atom. The Morgan fingerprint density at radius 1 is 1.27 bits per heavy atom. The Morgan fingerprint density at radius 3 is 2.18 bits per heavy atom. The number of rotatable bonds is 4. The van der Waals surface area contributed by atoms with Crippen molar-refractivity contribution in [2.75, 3.05) is 6.54 Å². The number of hydrogen-bond donors (Lipinski definition) is 2. The highest BCUT2D eigenvalue weighted by atomic mass is 35.5. The summed E-state index contributed by atoms with van der Waals surface area (Å²) in [6, 6.07) is 8.48. The Kier molecular flexibility index (Phi) is 6.05. The molecule has 3 N–H and O–H groups in total. The van der Waals surface area contributed by atoms with Gasteiger partial charge < -0.3 is 11.1 Å². The quantitative estimate of drug-likeness (QED) is 0.893. The van der Waals surface area contributed by atoms with Crippen molar-refractivity contribution < 1.29 is 4.79 Å². The van der Waals surface area contributed by atoms with E-state index in [0.29, 0.717) is 6.54 Å². The van der Waals surface area contributed by atoms with E-state index in [1.54, 1.807) is 6.92 Å². The third kappa shape index (κ3) is 4.02. The Labute approximate surface area is 140 Å². The molecule has 1 saturated carbocycles. The summed E-state index contributed by atoms with van der Waals surface area (Å²) in [5.41, 5.74) is 8.59. The number of carbonyl (C=O) groups is 1. The molecule has 1 fully saturated rings. The van der Waals surface area contributed by atoms with E-state index >= 15 is 0 Å². The van der Waals surface area contributed by atoms with Crippen LogP contribution in [0.4, 0.5) is 0 Å². The molecule has 0 unspecified atom stereocenters. The summed E-state index contributed by atoms with van der Waals surface area (Å²) < 4.78 is 0. The van der Waals surface area contributed by atoms with Crippen molar-refractivity contribution in [1.82, 2.24) is 5.32 Å². The number of amides is 1. The van der Waals surface area contributed by atoms with E-state index in [0.717, 1.165) is 12.8 Å². The van der Waals surface area contributed by atoms with Crippen molar-refractivity contribution in [3.05, 3.63) is 35.4 Å². The lowest BCUT2D eigenvalue weighted by Crippen LogP contribution is -2.49. The van der Waals surface area contributed by atoms with Crippen molar-refractivity contribution in [2.45, 2.75) is 63.8 Å². The van der Waals surface area contributed by atoms with Crippen LogP contribution in [0.2, 0.25) is 0 Å². The fraction of sp³-hybridized carbons (Fsp3) is 0.611. The second-order valence-corrected chi connectivity index (χ2v) is 7.47. The average molecular weight is 325 g/mol. The van der Waals surface area contributed by atoms with Gasteiger partial charge in [-0.25, -0.2) is 0 Å². The summed E-state index contributed by atoms with van der Waals surface area (Å²) in [4.78, 5) is 11.7. The largest absolute Gasteiger partial charge is 0.354 e. The SMILES string of the molecule is C[C@H](N)C(=O)NCC1(c2ccc(C(C)(C)C)cc2)CCC1.Cl. The summed E-state index contributed by atoms with van der Waals surface area (Å²) >= 11 is 0. The van der Waals surface area contributed by atoms with Gasteiger partial charge in [-0.2, -0.15) is 0 Å². The highest BCUT2D eigenvalue weighted by Crippen LogP contribution is 2.43. The van der Waals surface area contributed by atoms with Gasteiger partial charge in [0.1, 0.15) is 0 Å². The number of nitrogens with one attached hydrogen (secondary N) is 1. The molecule has 3 nitrogen and oxygen atoms in total. The molecule has 0 saturated heterocycles. The van der Waals surface area contributed by atoms with Crippen LogP contribution < -0.4 is 11.1 Å². The standard InChI is InChI=1S/C18H28N2O.ClH/c1-13(19)16(21)20-12-18(10-5-11-18)15-8-6-14(7-9-15)17(2,3)4;/h6-9,13H,5,10-12,19H2,1-4H3,(H,20,21);1H/t13-;/m0./s1. The minimum absolute atomic E-state index is 0. The maximum atomic E-state index is 11.7. The van der Waals surface area contributed by atoms with Crippen LogP contribution in [0, 0.1) is 0 Å². The molecule has 0 radical (unpaired) electrons. The number of nitrogens with two attached hydrogens (primary N) is 1. The molecular weight excluding hydrogens is 296 g/mol. The second kappa shape index (κ2) is 7.01. The topological polar surface area (TPSA) is 55.1 Å². The van der Waals surface area contributed by atoms with E-state index in [-0.39, 0.29) is 29.1 Å². The molecule has 4 heteroatoms. The average Bonchev–Trinajstić information content (AvgIpc) is 2.36. The molecule has 1 aromatic carbocycles. The van der Waals surface area contributed by atoms with E-state index in [1.807, 2.05) is 0 Å². The summed E-state index contributed by atoms with van der Waals surface area (Å²) in [6.45, 7) is 9.10. The van der Waals surface area contributed by atoms with Crippen LogP contribution in [-0.4, -0.2) is 18.5 Å². The minimum atomic E-state index is -0.439.